The van der Waals surface area contributed by atoms with Crippen molar-refractivity contribution >= 4 is 0 Å². The van der Waals surface area contributed by atoms with E-state index in [1.807, 2.05) is 0 Å². The van der Waals surface area contributed by atoms with E-state index in [2.05, 4.69) is 14.8 Å². The Labute approximate surface area is 94.4 Å². The molecule has 2 aliphatic heterocycles. The molecular weight excluding hydrogens is 206 g/mol. The second kappa shape index (κ2) is 4.14. The summed E-state index contributed by atoms with van der Waals surface area (Å²) in [5.41, 5.74) is 0. The maximum Gasteiger partial charge on any atom is 0.138 e. The van der Waals surface area contributed by atoms with E-state index in [-0.39, 0.29) is 12.6 Å². The van der Waals surface area contributed by atoms with Gasteiger partial charge in [0.05, 0.1) is 19.3 Å². The van der Waals surface area contributed by atoms with Crippen molar-refractivity contribution in [1.82, 2.24) is 14.8 Å². The van der Waals surface area contributed by atoms with Gasteiger partial charge in [-0.1, -0.05) is 0 Å². The third-order valence-corrected chi connectivity index (χ3v) is 3.60. The number of ether oxygens (including phenoxy) is 1. The Bertz CT molecular complexity index is 371. The molecule has 1 saturated heterocycles. The lowest BCUT2D eigenvalue weighted by molar-refractivity contribution is 0.186. The van der Waals surface area contributed by atoms with Crippen molar-refractivity contribution in [3.05, 3.63) is 11.6 Å². The maximum atomic E-state index is 9.42. The Hall–Kier alpha value is -0.940. The van der Waals surface area contributed by atoms with Crippen LogP contribution in [-0.2, 0) is 11.2 Å². The van der Waals surface area contributed by atoms with E-state index in [0.29, 0.717) is 5.92 Å². The molecule has 1 N–H and O–H groups in total. The number of fused-ring (bicyclic) bond motifs is 1. The zero-order valence-corrected chi connectivity index (χ0v) is 9.30. The molecule has 5 heteroatoms. The monoisotopic (exact) mass is 223 g/mol. The Morgan fingerprint density at radius 3 is 3.06 bits per heavy atom. The van der Waals surface area contributed by atoms with Crippen molar-refractivity contribution in [1.29, 1.82) is 0 Å². The summed E-state index contributed by atoms with van der Waals surface area (Å²) >= 11 is 0. The quantitative estimate of drug-likeness (QED) is 0.799. The van der Waals surface area contributed by atoms with Crippen LogP contribution >= 0.6 is 0 Å². The Morgan fingerprint density at radius 2 is 2.31 bits per heavy atom. The minimum Gasteiger partial charge on any atom is -0.394 e. The summed E-state index contributed by atoms with van der Waals surface area (Å²) in [4.78, 5) is 0. The van der Waals surface area contributed by atoms with Crippen molar-refractivity contribution < 1.29 is 9.84 Å². The summed E-state index contributed by atoms with van der Waals surface area (Å²) in [5.74, 6) is 2.42. The first-order chi connectivity index (χ1) is 7.90. The number of aliphatic hydroxyl groups excluding tert-OH is 1. The molecule has 0 radical (unpaired) electrons. The first kappa shape index (κ1) is 10.2. The molecule has 0 amide bonds. The molecule has 2 aliphatic rings. The second-order valence-electron chi connectivity index (χ2n) is 4.63. The molecule has 0 spiro atoms. The van der Waals surface area contributed by atoms with Gasteiger partial charge in [0.2, 0.25) is 0 Å². The van der Waals surface area contributed by atoms with Gasteiger partial charge in [0.1, 0.15) is 11.6 Å². The highest BCUT2D eigenvalue weighted by Gasteiger charge is 2.30. The van der Waals surface area contributed by atoms with Crippen LogP contribution in [0.2, 0.25) is 0 Å². The third-order valence-electron chi connectivity index (χ3n) is 3.60. The summed E-state index contributed by atoms with van der Waals surface area (Å²) in [6, 6.07) is 0.175. The standard InChI is InChI=1S/C11H17N3O2/c15-6-9-2-1-3-10-12-13-11(14(9)10)8-4-5-16-7-8/h8-9,15H,1-7H2. The highest BCUT2D eigenvalue weighted by atomic mass is 16.5. The SMILES string of the molecule is OCC1CCCc2nnc(C3CCOC3)n21. The highest BCUT2D eigenvalue weighted by Crippen LogP contribution is 2.31. The van der Waals surface area contributed by atoms with E-state index in [1.165, 1.54) is 0 Å². The summed E-state index contributed by atoms with van der Waals surface area (Å²) < 4.78 is 7.55. The predicted molar refractivity (Wildman–Crippen MR) is 57.3 cm³/mol. The normalized spacial score (nSPS) is 29.3. The van der Waals surface area contributed by atoms with Crippen LogP contribution in [0.5, 0.6) is 0 Å². The van der Waals surface area contributed by atoms with Crippen molar-refractivity contribution in [3.8, 4) is 0 Å². The molecule has 5 nitrogen and oxygen atoms in total. The number of nitrogens with zero attached hydrogens (tertiary/aromatic N) is 3. The molecule has 3 heterocycles. The van der Waals surface area contributed by atoms with E-state index in [4.69, 9.17) is 4.74 Å². The Morgan fingerprint density at radius 1 is 1.38 bits per heavy atom. The van der Waals surface area contributed by atoms with Crippen LogP contribution in [0, 0.1) is 0 Å². The van der Waals surface area contributed by atoms with Crippen LogP contribution in [0.1, 0.15) is 42.9 Å². The van der Waals surface area contributed by atoms with E-state index in [9.17, 15) is 5.11 Å². The van der Waals surface area contributed by atoms with Crippen LogP contribution in [0.3, 0.4) is 0 Å². The van der Waals surface area contributed by atoms with E-state index >= 15 is 0 Å². The van der Waals surface area contributed by atoms with Gasteiger partial charge in [0.25, 0.3) is 0 Å². The fraction of sp³-hybridized carbons (Fsp3) is 0.818. The summed E-state index contributed by atoms with van der Waals surface area (Å²) in [5, 5.41) is 18.0. The van der Waals surface area contributed by atoms with Crippen molar-refractivity contribution in [2.24, 2.45) is 0 Å². The lowest BCUT2D eigenvalue weighted by atomic mass is 10.0. The Balaban J connectivity index is 1.96. The molecule has 2 unspecified atom stereocenters. The molecule has 1 aromatic heterocycles. The highest BCUT2D eigenvalue weighted by molar-refractivity contribution is 5.08. The van der Waals surface area contributed by atoms with Gasteiger partial charge in [0.15, 0.2) is 0 Å². The number of aromatic nitrogens is 3. The van der Waals surface area contributed by atoms with Crippen molar-refractivity contribution in [3.63, 3.8) is 0 Å². The molecule has 2 atom stereocenters. The van der Waals surface area contributed by atoms with Gasteiger partial charge in [-0.25, -0.2) is 0 Å². The summed E-state index contributed by atoms with van der Waals surface area (Å²) in [6.07, 6.45) is 4.14. The zero-order chi connectivity index (χ0) is 11.0. The molecule has 16 heavy (non-hydrogen) atoms. The van der Waals surface area contributed by atoms with Gasteiger partial charge < -0.3 is 14.4 Å². The topological polar surface area (TPSA) is 60.2 Å². The smallest absolute Gasteiger partial charge is 0.138 e. The largest absolute Gasteiger partial charge is 0.394 e. The van der Waals surface area contributed by atoms with Gasteiger partial charge in [-0.3, -0.25) is 0 Å². The molecule has 88 valence electrons. The van der Waals surface area contributed by atoms with Crippen LogP contribution in [0.15, 0.2) is 0 Å². The first-order valence-corrected chi connectivity index (χ1v) is 6.02. The van der Waals surface area contributed by atoms with Gasteiger partial charge in [-0.15, -0.1) is 10.2 Å². The van der Waals surface area contributed by atoms with E-state index < -0.39 is 0 Å². The summed E-state index contributed by atoms with van der Waals surface area (Å²) in [6.45, 7) is 1.75. The molecule has 1 fully saturated rings. The molecule has 3 rings (SSSR count). The van der Waals surface area contributed by atoms with Crippen LogP contribution in [0.25, 0.3) is 0 Å². The van der Waals surface area contributed by atoms with Gasteiger partial charge in [0, 0.05) is 18.9 Å². The van der Waals surface area contributed by atoms with Crippen LogP contribution in [0.4, 0.5) is 0 Å². The van der Waals surface area contributed by atoms with Gasteiger partial charge in [-0.2, -0.15) is 0 Å². The number of aryl methyl sites for hydroxylation is 1. The molecule has 0 aliphatic carbocycles. The predicted octanol–water partition coefficient (Wildman–Crippen LogP) is 0.652. The molecule has 1 aromatic rings. The average molecular weight is 223 g/mol. The fourth-order valence-electron chi connectivity index (χ4n) is 2.72. The summed E-state index contributed by atoms with van der Waals surface area (Å²) in [7, 11) is 0. The fourth-order valence-corrected chi connectivity index (χ4v) is 2.72. The number of hydrogen-bond donors (Lipinski definition) is 1. The van der Waals surface area contributed by atoms with Crippen molar-refractivity contribution in [2.45, 2.75) is 37.6 Å². The minimum atomic E-state index is 0.175. The molecule has 0 bridgehead atoms. The molecule has 0 saturated carbocycles. The van der Waals surface area contributed by atoms with Gasteiger partial charge >= 0.3 is 0 Å². The third kappa shape index (κ3) is 1.55. The number of rotatable bonds is 2. The van der Waals surface area contributed by atoms with Crippen LogP contribution in [-0.4, -0.2) is 39.7 Å². The first-order valence-electron chi connectivity index (χ1n) is 6.02. The lowest BCUT2D eigenvalue weighted by Crippen LogP contribution is -2.24. The molecule has 0 aromatic carbocycles. The average Bonchev–Trinajstić information content (AvgIpc) is 2.96. The van der Waals surface area contributed by atoms with Crippen LogP contribution < -0.4 is 0 Å². The minimum absolute atomic E-state index is 0.175. The van der Waals surface area contributed by atoms with E-state index in [0.717, 1.165) is 50.5 Å². The Kier molecular flexibility index (Phi) is 2.65. The molecular formula is C11H17N3O2. The van der Waals surface area contributed by atoms with E-state index in [1.54, 1.807) is 0 Å². The van der Waals surface area contributed by atoms with Gasteiger partial charge in [-0.05, 0) is 19.3 Å². The maximum absolute atomic E-state index is 9.42. The van der Waals surface area contributed by atoms with Crippen molar-refractivity contribution in [2.75, 3.05) is 19.8 Å². The lowest BCUT2D eigenvalue weighted by Gasteiger charge is -2.25. The number of aliphatic hydroxyl groups is 1. The zero-order valence-electron chi connectivity index (χ0n) is 9.30. The number of hydrogen-bond acceptors (Lipinski definition) is 4. The second-order valence-corrected chi connectivity index (χ2v) is 4.63.